The minimum atomic E-state index is -0.128. The molecule has 0 fully saturated rings. The van der Waals surface area contributed by atoms with Gasteiger partial charge < -0.3 is 14.8 Å². The van der Waals surface area contributed by atoms with Crippen molar-refractivity contribution in [3.63, 3.8) is 0 Å². The summed E-state index contributed by atoms with van der Waals surface area (Å²) in [7, 11) is 0. The van der Waals surface area contributed by atoms with Crippen LogP contribution in [0.15, 0.2) is 34.8 Å². The minimum Gasteiger partial charge on any atom is -0.460 e. The Hall–Kier alpha value is -2.07. The first-order valence-corrected chi connectivity index (χ1v) is 7.72. The van der Waals surface area contributed by atoms with Gasteiger partial charge in [0, 0.05) is 36.6 Å². The molecule has 1 amide bonds. The molecule has 1 aromatic heterocycles. The predicted molar refractivity (Wildman–Crippen MR) is 88.5 cm³/mol. The molecule has 0 radical (unpaired) electrons. The number of nitrogens with one attached hydrogen (secondary N) is 1. The Morgan fingerprint density at radius 2 is 2.18 bits per heavy atom. The number of amides is 1. The van der Waals surface area contributed by atoms with E-state index in [-0.39, 0.29) is 18.4 Å². The summed E-state index contributed by atoms with van der Waals surface area (Å²) in [4.78, 5) is 11.9. The zero-order valence-corrected chi connectivity index (χ0v) is 13.1. The van der Waals surface area contributed by atoms with Gasteiger partial charge in [-0.15, -0.1) is 0 Å². The van der Waals surface area contributed by atoms with Gasteiger partial charge >= 0.3 is 0 Å². The van der Waals surface area contributed by atoms with Crippen LogP contribution in [-0.4, -0.2) is 24.2 Å². The maximum absolute atomic E-state index is 11.9. The van der Waals surface area contributed by atoms with Gasteiger partial charge in [0.15, 0.2) is 0 Å². The quantitative estimate of drug-likeness (QED) is 0.772. The number of aryl methyl sites for hydroxylation is 1. The Kier molecular flexibility index (Phi) is 5.78. The van der Waals surface area contributed by atoms with E-state index in [0.717, 1.165) is 28.7 Å². The average Bonchev–Trinajstić information content (AvgIpc) is 2.89. The van der Waals surface area contributed by atoms with Crippen molar-refractivity contribution in [2.24, 2.45) is 5.92 Å². The molecule has 0 saturated heterocycles. The van der Waals surface area contributed by atoms with Gasteiger partial charge in [-0.1, -0.05) is 32.0 Å². The molecule has 2 rings (SSSR count). The lowest BCUT2D eigenvalue weighted by Gasteiger charge is -2.09. The summed E-state index contributed by atoms with van der Waals surface area (Å²) in [6, 6.07) is 7.83. The summed E-state index contributed by atoms with van der Waals surface area (Å²) in [6.07, 6.45) is 4.83. The summed E-state index contributed by atoms with van der Waals surface area (Å²) >= 11 is 0. The molecule has 0 aliphatic heterocycles. The highest BCUT2D eigenvalue weighted by atomic mass is 16.3. The predicted octanol–water partition coefficient (Wildman–Crippen LogP) is 3.14. The van der Waals surface area contributed by atoms with Crippen LogP contribution < -0.4 is 5.32 Å². The molecule has 1 unspecified atom stereocenters. The molecule has 1 atom stereocenters. The second-order valence-electron chi connectivity index (χ2n) is 5.48. The summed E-state index contributed by atoms with van der Waals surface area (Å²) in [6.45, 7) is 4.74. The fourth-order valence-corrected chi connectivity index (χ4v) is 2.38. The van der Waals surface area contributed by atoms with E-state index in [4.69, 9.17) is 9.52 Å². The van der Waals surface area contributed by atoms with Crippen molar-refractivity contribution in [2.45, 2.75) is 26.7 Å². The van der Waals surface area contributed by atoms with Gasteiger partial charge in [0.1, 0.15) is 11.3 Å². The highest BCUT2D eigenvalue weighted by Crippen LogP contribution is 2.27. The molecule has 4 heteroatoms. The topological polar surface area (TPSA) is 62.5 Å². The van der Waals surface area contributed by atoms with Crippen LogP contribution in [0.5, 0.6) is 0 Å². The Labute approximate surface area is 130 Å². The number of para-hydroxylation sites is 1. The maximum atomic E-state index is 11.9. The Balaban J connectivity index is 2.08. The van der Waals surface area contributed by atoms with E-state index in [9.17, 15) is 4.79 Å². The molecule has 0 aliphatic rings. The SMILES string of the molecule is CCc1oc2ccccc2c1/C=C/C(=O)NCC(C)CCO. The molecule has 22 heavy (non-hydrogen) atoms. The molecule has 1 heterocycles. The number of carbonyl (C=O) groups is 1. The lowest BCUT2D eigenvalue weighted by molar-refractivity contribution is -0.116. The standard InChI is InChI=1S/C18H23NO3/c1-3-16-15(14-6-4-5-7-17(14)22-16)8-9-18(21)19-12-13(2)10-11-20/h4-9,13,20H,3,10-12H2,1-2H3,(H,19,21)/b9-8+. The van der Waals surface area contributed by atoms with Gasteiger partial charge in [0.25, 0.3) is 0 Å². The van der Waals surface area contributed by atoms with E-state index < -0.39 is 0 Å². The number of hydrogen-bond donors (Lipinski definition) is 2. The molecule has 1 aromatic carbocycles. The van der Waals surface area contributed by atoms with E-state index in [2.05, 4.69) is 5.32 Å². The molecule has 2 aromatic rings. The summed E-state index contributed by atoms with van der Waals surface area (Å²) in [5.74, 6) is 1.03. The van der Waals surface area contributed by atoms with E-state index in [1.54, 1.807) is 6.08 Å². The first-order valence-electron chi connectivity index (χ1n) is 7.72. The normalized spacial score (nSPS) is 12.9. The van der Waals surface area contributed by atoms with Crippen molar-refractivity contribution in [2.75, 3.05) is 13.2 Å². The number of furan rings is 1. The van der Waals surface area contributed by atoms with Crippen molar-refractivity contribution in [1.82, 2.24) is 5.32 Å². The summed E-state index contributed by atoms with van der Waals surface area (Å²) in [5.41, 5.74) is 1.81. The minimum absolute atomic E-state index is 0.128. The second kappa shape index (κ2) is 7.80. The lowest BCUT2D eigenvalue weighted by atomic mass is 10.1. The van der Waals surface area contributed by atoms with Crippen molar-refractivity contribution < 1.29 is 14.3 Å². The van der Waals surface area contributed by atoms with Gasteiger partial charge in [-0.05, 0) is 24.5 Å². The van der Waals surface area contributed by atoms with Gasteiger partial charge in [0.2, 0.25) is 5.91 Å². The number of hydrogen-bond acceptors (Lipinski definition) is 3. The third-order valence-corrected chi connectivity index (χ3v) is 3.68. The van der Waals surface area contributed by atoms with Crippen molar-refractivity contribution in [1.29, 1.82) is 0 Å². The van der Waals surface area contributed by atoms with Crippen LogP contribution in [-0.2, 0) is 11.2 Å². The number of rotatable bonds is 7. The van der Waals surface area contributed by atoms with Crippen LogP contribution >= 0.6 is 0 Å². The zero-order chi connectivity index (χ0) is 15.9. The van der Waals surface area contributed by atoms with Crippen molar-refractivity contribution in [3.8, 4) is 0 Å². The van der Waals surface area contributed by atoms with E-state index in [1.807, 2.05) is 44.2 Å². The highest BCUT2D eigenvalue weighted by Gasteiger charge is 2.10. The van der Waals surface area contributed by atoms with Gasteiger partial charge in [-0.2, -0.15) is 0 Å². The fourth-order valence-electron chi connectivity index (χ4n) is 2.38. The number of fused-ring (bicyclic) bond motifs is 1. The highest BCUT2D eigenvalue weighted by molar-refractivity contribution is 5.96. The smallest absolute Gasteiger partial charge is 0.244 e. The molecule has 0 spiro atoms. The molecule has 4 nitrogen and oxygen atoms in total. The van der Waals surface area contributed by atoms with Crippen LogP contribution in [0.2, 0.25) is 0 Å². The maximum Gasteiger partial charge on any atom is 0.244 e. The molecule has 0 bridgehead atoms. The van der Waals surface area contributed by atoms with Gasteiger partial charge in [0.05, 0.1) is 0 Å². The van der Waals surface area contributed by atoms with Crippen molar-refractivity contribution >= 4 is 23.0 Å². The first-order chi connectivity index (χ1) is 10.7. The first kappa shape index (κ1) is 16.3. The van der Waals surface area contributed by atoms with Crippen LogP contribution in [0.1, 0.15) is 31.6 Å². The Morgan fingerprint density at radius 1 is 1.41 bits per heavy atom. The molecule has 0 saturated carbocycles. The van der Waals surface area contributed by atoms with Crippen LogP contribution in [0.3, 0.4) is 0 Å². The molecule has 2 N–H and O–H groups in total. The molecular formula is C18H23NO3. The Bertz CT molecular complexity index is 657. The zero-order valence-electron chi connectivity index (χ0n) is 13.1. The molecule has 0 aliphatic carbocycles. The summed E-state index contributed by atoms with van der Waals surface area (Å²) < 4.78 is 5.80. The lowest BCUT2D eigenvalue weighted by Crippen LogP contribution is -2.26. The van der Waals surface area contributed by atoms with E-state index >= 15 is 0 Å². The molecular weight excluding hydrogens is 278 g/mol. The van der Waals surface area contributed by atoms with Gasteiger partial charge in [-0.25, -0.2) is 0 Å². The fraction of sp³-hybridized carbons (Fsp3) is 0.389. The van der Waals surface area contributed by atoms with Crippen LogP contribution in [0.25, 0.3) is 17.0 Å². The van der Waals surface area contributed by atoms with Crippen LogP contribution in [0.4, 0.5) is 0 Å². The summed E-state index contributed by atoms with van der Waals surface area (Å²) in [5, 5.41) is 12.7. The van der Waals surface area contributed by atoms with Crippen LogP contribution in [0, 0.1) is 5.92 Å². The van der Waals surface area contributed by atoms with E-state index in [1.165, 1.54) is 0 Å². The third kappa shape index (κ3) is 3.98. The largest absolute Gasteiger partial charge is 0.460 e. The average molecular weight is 301 g/mol. The number of carbonyl (C=O) groups excluding carboxylic acids is 1. The molecule has 118 valence electrons. The Morgan fingerprint density at radius 3 is 2.91 bits per heavy atom. The number of aliphatic hydroxyl groups is 1. The number of aliphatic hydroxyl groups excluding tert-OH is 1. The number of benzene rings is 1. The third-order valence-electron chi connectivity index (χ3n) is 3.68. The monoisotopic (exact) mass is 301 g/mol. The second-order valence-corrected chi connectivity index (χ2v) is 5.48. The van der Waals surface area contributed by atoms with Crippen molar-refractivity contribution in [3.05, 3.63) is 41.7 Å². The van der Waals surface area contributed by atoms with Gasteiger partial charge in [-0.3, -0.25) is 4.79 Å². The van der Waals surface area contributed by atoms with E-state index in [0.29, 0.717) is 13.0 Å².